The Morgan fingerprint density at radius 3 is 2.56 bits per heavy atom. The zero-order chi connectivity index (χ0) is 25.0. The van der Waals surface area contributed by atoms with E-state index in [0.29, 0.717) is 12.2 Å². The Hall–Kier alpha value is -3.42. The molecule has 0 spiro atoms. The smallest absolute Gasteiger partial charge is 0.338 e. The second-order valence-electron chi connectivity index (χ2n) is 10.5. The summed E-state index contributed by atoms with van der Waals surface area (Å²) in [5, 5.41) is 0. The Kier molecular flexibility index (Phi) is 5.50. The number of benzene rings is 2. The highest BCUT2D eigenvalue weighted by molar-refractivity contribution is 5.91. The molecule has 6 atom stereocenters. The average molecular weight is 495 g/mol. The molecule has 0 amide bonds. The van der Waals surface area contributed by atoms with Crippen LogP contribution in [0.3, 0.4) is 0 Å². The van der Waals surface area contributed by atoms with Crippen molar-refractivity contribution in [3.05, 3.63) is 59.9 Å². The lowest BCUT2D eigenvalue weighted by molar-refractivity contribution is -0.149. The number of hydrogen-bond donors (Lipinski definition) is 0. The average Bonchev–Trinajstić information content (AvgIpc) is 3.59. The van der Waals surface area contributed by atoms with E-state index in [4.69, 9.17) is 18.9 Å². The molecule has 0 N–H and O–H groups in total. The molecule has 2 bridgehead atoms. The van der Waals surface area contributed by atoms with Crippen LogP contribution in [0.1, 0.15) is 49.4 Å². The van der Waals surface area contributed by atoms with E-state index < -0.39 is 59.3 Å². The van der Waals surface area contributed by atoms with Gasteiger partial charge in [-0.05, 0) is 69.4 Å². The molecule has 2 aromatic rings. The van der Waals surface area contributed by atoms with E-state index in [1.807, 2.05) is 13.0 Å². The van der Waals surface area contributed by atoms with Crippen molar-refractivity contribution in [2.45, 2.75) is 56.8 Å². The Bertz CT molecular complexity index is 1210. The number of rotatable bonds is 6. The second kappa shape index (κ2) is 8.61. The van der Waals surface area contributed by atoms with E-state index in [-0.39, 0.29) is 17.2 Å². The molecule has 188 valence electrons. The first-order chi connectivity index (χ1) is 17.3. The number of carbonyl (C=O) groups is 3. The fourth-order valence-corrected chi connectivity index (χ4v) is 6.53. The number of fused-ring (bicyclic) bond motifs is 1. The van der Waals surface area contributed by atoms with Crippen LogP contribution in [0.15, 0.2) is 48.5 Å². The Morgan fingerprint density at radius 1 is 1.06 bits per heavy atom. The van der Waals surface area contributed by atoms with Crippen molar-refractivity contribution in [2.24, 2.45) is 23.7 Å². The number of halogens is 1. The van der Waals surface area contributed by atoms with Crippen LogP contribution in [0.25, 0.3) is 0 Å². The van der Waals surface area contributed by atoms with Gasteiger partial charge in [0.25, 0.3) is 0 Å². The standard InChI is InChI=1S/C28H27FO7/c1-28(11-5-6-12-28)36-20-13-15(9-10-19(20)29)25(30)34-23-17-14-18-22(27(32)35-24(18)23)21(17)26(31)33-16-7-3-2-4-8-16/h2-4,7-10,13,17-18,21-24H,5-6,11-12,14H2,1H3. The van der Waals surface area contributed by atoms with Gasteiger partial charge < -0.3 is 18.9 Å². The Labute approximate surface area is 207 Å². The third kappa shape index (κ3) is 3.83. The van der Waals surface area contributed by atoms with E-state index in [2.05, 4.69) is 0 Å². The highest BCUT2D eigenvalue weighted by atomic mass is 19.1. The van der Waals surface area contributed by atoms with E-state index in [1.54, 1.807) is 24.3 Å². The van der Waals surface area contributed by atoms with E-state index >= 15 is 0 Å². The third-order valence-electron chi connectivity index (χ3n) is 8.21. The van der Waals surface area contributed by atoms with Gasteiger partial charge in [0, 0.05) is 11.8 Å². The van der Waals surface area contributed by atoms with E-state index in [9.17, 15) is 18.8 Å². The minimum atomic E-state index is -0.778. The van der Waals surface area contributed by atoms with E-state index in [0.717, 1.165) is 25.7 Å². The molecule has 1 saturated heterocycles. The van der Waals surface area contributed by atoms with Gasteiger partial charge in [-0.15, -0.1) is 0 Å². The van der Waals surface area contributed by atoms with Crippen molar-refractivity contribution in [1.29, 1.82) is 0 Å². The molecule has 1 aliphatic heterocycles. The monoisotopic (exact) mass is 494 g/mol. The number of ether oxygens (including phenoxy) is 4. The zero-order valence-electron chi connectivity index (χ0n) is 19.9. The molecule has 4 fully saturated rings. The van der Waals surface area contributed by atoms with Crippen LogP contribution < -0.4 is 9.47 Å². The number of para-hydroxylation sites is 1. The molecule has 3 saturated carbocycles. The molecule has 8 heteroatoms. The predicted octanol–water partition coefficient (Wildman–Crippen LogP) is 4.48. The fraction of sp³-hybridized carbons (Fsp3) is 0.464. The van der Waals surface area contributed by atoms with Crippen LogP contribution in [-0.4, -0.2) is 35.7 Å². The summed E-state index contributed by atoms with van der Waals surface area (Å²) < 4.78 is 37.4. The summed E-state index contributed by atoms with van der Waals surface area (Å²) in [6.07, 6.45) is 2.83. The first-order valence-electron chi connectivity index (χ1n) is 12.5. The van der Waals surface area contributed by atoms with Gasteiger partial charge in [-0.2, -0.15) is 0 Å². The summed E-state index contributed by atoms with van der Waals surface area (Å²) in [6.45, 7) is 1.94. The summed E-state index contributed by atoms with van der Waals surface area (Å²) in [5.41, 5.74) is -0.326. The summed E-state index contributed by atoms with van der Waals surface area (Å²) in [7, 11) is 0. The zero-order valence-corrected chi connectivity index (χ0v) is 19.9. The highest BCUT2D eigenvalue weighted by Crippen LogP contribution is 2.59. The predicted molar refractivity (Wildman–Crippen MR) is 124 cm³/mol. The summed E-state index contributed by atoms with van der Waals surface area (Å²) >= 11 is 0. The van der Waals surface area contributed by atoms with Crippen LogP contribution >= 0.6 is 0 Å². The molecule has 1 heterocycles. The molecule has 4 aliphatic rings. The van der Waals surface area contributed by atoms with Crippen LogP contribution in [0.2, 0.25) is 0 Å². The summed E-state index contributed by atoms with van der Waals surface area (Å²) in [4.78, 5) is 38.8. The largest absolute Gasteiger partial charge is 0.484 e. The van der Waals surface area contributed by atoms with Gasteiger partial charge in [0.15, 0.2) is 11.6 Å². The van der Waals surface area contributed by atoms with Gasteiger partial charge in [-0.1, -0.05) is 18.2 Å². The number of hydrogen-bond acceptors (Lipinski definition) is 7. The minimum absolute atomic E-state index is 0.0125. The first-order valence-corrected chi connectivity index (χ1v) is 12.5. The normalized spacial score (nSPS) is 31.2. The van der Waals surface area contributed by atoms with Gasteiger partial charge in [-0.25, -0.2) is 9.18 Å². The maximum Gasteiger partial charge on any atom is 0.338 e. The molecule has 0 radical (unpaired) electrons. The van der Waals surface area contributed by atoms with Crippen molar-refractivity contribution < 1.29 is 37.7 Å². The molecular weight excluding hydrogens is 467 g/mol. The lowest BCUT2D eigenvalue weighted by Crippen LogP contribution is -2.44. The van der Waals surface area contributed by atoms with E-state index in [1.165, 1.54) is 18.2 Å². The lowest BCUT2D eigenvalue weighted by atomic mass is 9.78. The molecule has 7 nitrogen and oxygen atoms in total. The lowest BCUT2D eigenvalue weighted by Gasteiger charge is -2.30. The third-order valence-corrected chi connectivity index (χ3v) is 8.21. The van der Waals surface area contributed by atoms with Gasteiger partial charge in [0.1, 0.15) is 23.6 Å². The summed E-state index contributed by atoms with van der Waals surface area (Å²) in [5.74, 6) is -3.76. The summed E-state index contributed by atoms with van der Waals surface area (Å²) in [6, 6.07) is 12.5. The molecular formula is C28H27FO7. The number of esters is 3. The van der Waals surface area contributed by atoms with Crippen molar-refractivity contribution in [2.75, 3.05) is 0 Å². The molecule has 6 unspecified atom stereocenters. The quantitative estimate of drug-likeness (QED) is 0.432. The maximum absolute atomic E-state index is 14.5. The molecule has 6 rings (SSSR count). The maximum atomic E-state index is 14.5. The SMILES string of the molecule is CC1(Oc2cc(C(=O)OC3C4CC5C3OC(=O)C5C4C(=O)Oc3ccccc3)ccc2F)CCCC1. The van der Waals surface area contributed by atoms with Crippen molar-refractivity contribution in [3.8, 4) is 11.5 Å². The Balaban J connectivity index is 1.20. The first kappa shape index (κ1) is 23.0. The van der Waals surface area contributed by atoms with Gasteiger partial charge in [0.05, 0.1) is 17.4 Å². The van der Waals surface area contributed by atoms with Crippen molar-refractivity contribution >= 4 is 17.9 Å². The van der Waals surface area contributed by atoms with Crippen LogP contribution in [0.4, 0.5) is 4.39 Å². The fourth-order valence-electron chi connectivity index (χ4n) is 6.53. The van der Waals surface area contributed by atoms with Gasteiger partial charge in [-0.3, -0.25) is 9.59 Å². The van der Waals surface area contributed by atoms with Crippen LogP contribution in [-0.2, 0) is 19.1 Å². The van der Waals surface area contributed by atoms with Crippen LogP contribution in [0, 0.1) is 29.5 Å². The minimum Gasteiger partial charge on any atom is -0.484 e. The van der Waals surface area contributed by atoms with Gasteiger partial charge >= 0.3 is 17.9 Å². The Morgan fingerprint density at radius 2 is 1.81 bits per heavy atom. The number of carbonyl (C=O) groups excluding carboxylic acids is 3. The molecule has 36 heavy (non-hydrogen) atoms. The van der Waals surface area contributed by atoms with Crippen molar-refractivity contribution in [1.82, 2.24) is 0 Å². The molecule has 2 aromatic carbocycles. The highest BCUT2D eigenvalue weighted by Gasteiger charge is 2.70. The van der Waals surface area contributed by atoms with Crippen LogP contribution in [0.5, 0.6) is 11.5 Å². The molecule has 0 aromatic heterocycles. The molecule has 3 aliphatic carbocycles. The van der Waals surface area contributed by atoms with Gasteiger partial charge in [0.2, 0.25) is 0 Å². The topological polar surface area (TPSA) is 88.1 Å². The van der Waals surface area contributed by atoms with Crippen molar-refractivity contribution in [3.63, 3.8) is 0 Å². The second-order valence-corrected chi connectivity index (χ2v) is 10.5.